The van der Waals surface area contributed by atoms with E-state index >= 15 is 0 Å². The first-order valence-electron chi connectivity index (χ1n) is 21.1. The molecular formula is C57H54N2O3. The molecule has 0 spiro atoms. The van der Waals surface area contributed by atoms with E-state index in [9.17, 15) is 9.59 Å². The van der Waals surface area contributed by atoms with Crippen LogP contribution in [0.2, 0.25) is 0 Å². The lowest BCUT2D eigenvalue weighted by Crippen LogP contribution is -2.10. The second kappa shape index (κ2) is 19.0. The molecule has 310 valence electrons. The van der Waals surface area contributed by atoms with Crippen molar-refractivity contribution < 1.29 is 14.3 Å². The van der Waals surface area contributed by atoms with Gasteiger partial charge in [0, 0.05) is 46.1 Å². The molecule has 0 unspecified atom stereocenters. The molecule has 0 heterocycles. The van der Waals surface area contributed by atoms with Crippen molar-refractivity contribution in [1.29, 1.82) is 0 Å². The van der Waals surface area contributed by atoms with E-state index in [-0.39, 0.29) is 12.4 Å². The SMILES string of the molecule is C=C(C)C(=O)CCc1ccc(N(c2ccc(-c3ccc(-c4ccc(N(c5ccc(COC(=O)C(=C)C)cc5)c5ccc(C)c(C)c5)cc4)cc3)cc2)c2ccc(C)c(C)c2)cc1. The van der Waals surface area contributed by atoms with Gasteiger partial charge in [-0.2, -0.15) is 0 Å². The van der Waals surface area contributed by atoms with Gasteiger partial charge in [0.1, 0.15) is 6.61 Å². The highest BCUT2D eigenvalue weighted by Crippen LogP contribution is 2.39. The molecule has 0 aromatic heterocycles. The molecule has 5 heteroatoms. The molecule has 62 heavy (non-hydrogen) atoms. The Morgan fingerprint density at radius 2 is 0.774 bits per heavy atom. The zero-order valence-electron chi connectivity index (χ0n) is 36.7. The van der Waals surface area contributed by atoms with Crippen molar-refractivity contribution in [1.82, 2.24) is 0 Å². The molecule has 0 saturated carbocycles. The van der Waals surface area contributed by atoms with Crippen LogP contribution >= 0.6 is 0 Å². The number of allylic oxidation sites excluding steroid dienone is 1. The van der Waals surface area contributed by atoms with Crippen LogP contribution in [0.15, 0.2) is 182 Å². The predicted molar refractivity (Wildman–Crippen MR) is 258 cm³/mol. The number of carbonyl (C=O) groups is 2. The van der Waals surface area contributed by atoms with Gasteiger partial charge in [0.05, 0.1) is 0 Å². The molecule has 0 saturated heterocycles. The third kappa shape index (κ3) is 10.0. The third-order valence-electron chi connectivity index (χ3n) is 11.5. The Bertz CT molecular complexity index is 2540. The Kier molecular flexibility index (Phi) is 13.1. The van der Waals surface area contributed by atoms with Crippen LogP contribution in [0.3, 0.4) is 0 Å². The number of hydrogen-bond donors (Lipinski definition) is 0. The van der Waals surface area contributed by atoms with Crippen molar-refractivity contribution in [3.63, 3.8) is 0 Å². The van der Waals surface area contributed by atoms with E-state index in [2.05, 4.69) is 196 Å². The number of anilines is 6. The quantitative estimate of drug-likeness (QED) is 0.0762. The smallest absolute Gasteiger partial charge is 0.333 e. The molecule has 5 nitrogen and oxygen atoms in total. The molecule has 0 amide bonds. The van der Waals surface area contributed by atoms with Crippen LogP contribution in [0.25, 0.3) is 22.3 Å². The number of aryl methyl sites for hydroxylation is 5. The summed E-state index contributed by atoms with van der Waals surface area (Å²) < 4.78 is 5.38. The highest BCUT2D eigenvalue weighted by Gasteiger charge is 2.16. The van der Waals surface area contributed by atoms with Crippen molar-refractivity contribution in [2.24, 2.45) is 0 Å². The van der Waals surface area contributed by atoms with E-state index in [0.717, 1.165) is 67.5 Å². The van der Waals surface area contributed by atoms with E-state index in [4.69, 9.17) is 4.74 Å². The van der Waals surface area contributed by atoms with Crippen molar-refractivity contribution in [3.05, 3.63) is 215 Å². The number of ether oxygens (including phenoxy) is 1. The molecule has 0 fully saturated rings. The Balaban J connectivity index is 1.10. The summed E-state index contributed by atoms with van der Waals surface area (Å²) in [5, 5.41) is 0. The molecule has 0 radical (unpaired) electrons. The van der Waals surface area contributed by atoms with Gasteiger partial charge in [0.2, 0.25) is 0 Å². The van der Waals surface area contributed by atoms with Crippen LogP contribution in [0.5, 0.6) is 0 Å². The number of Topliss-reactive ketones (excluding diaryl/α,β-unsaturated/α-hetero) is 1. The molecule has 0 aliphatic carbocycles. The summed E-state index contributed by atoms with van der Waals surface area (Å²) in [6, 6.07) is 55.9. The van der Waals surface area contributed by atoms with Gasteiger partial charge in [-0.1, -0.05) is 98.1 Å². The summed E-state index contributed by atoms with van der Waals surface area (Å²) in [7, 11) is 0. The molecule has 7 aromatic carbocycles. The van der Waals surface area contributed by atoms with Crippen molar-refractivity contribution in [3.8, 4) is 22.3 Å². The maximum atomic E-state index is 12.2. The summed E-state index contributed by atoms with van der Waals surface area (Å²) >= 11 is 0. The van der Waals surface area contributed by atoms with Gasteiger partial charge in [0.25, 0.3) is 0 Å². The van der Waals surface area contributed by atoms with Gasteiger partial charge in [-0.3, -0.25) is 4.79 Å². The maximum absolute atomic E-state index is 12.2. The minimum atomic E-state index is -0.392. The van der Waals surface area contributed by atoms with Crippen LogP contribution in [0.4, 0.5) is 34.1 Å². The highest BCUT2D eigenvalue weighted by molar-refractivity contribution is 5.94. The van der Waals surface area contributed by atoms with Gasteiger partial charge >= 0.3 is 5.97 Å². The maximum Gasteiger partial charge on any atom is 0.333 e. The van der Waals surface area contributed by atoms with Crippen LogP contribution in [0, 0.1) is 27.7 Å². The Morgan fingerprint density at radius 1 is 0.435 bits per heavy atom. The third-order valence-corrected chi connectivity index (χ3v) is 11.5. The van der Waals surface area contributed by atoms with Crippen LogP contribution in [0.1, 0.15) is 53.6 Å². The molecule has 0 bridgehead atoms. The summed E-state index contributed by atoms with van der Waals surface area (Å²) in [5.41, 5.74) is 18.8. The molecule has 0 N–H and O–H groups in total. The fourth-order valence-electron chi connectivity index (χ4n) is 7.38. The Hall–Kier alpha value is -7.24. The van der Waals surface area contributed by atoms with Crippen LogP contribution in [-0.4, -0.2) is 11.8 Å². The highest BCUT2D eigenvalue weighted by atomic mass is 16.5. The average Bonchev–Trinajstić information content (AvgIpc) is 3.28. The lowest BCUT2D eigenvalue weighted by atomic mass is 9.99. The number of nitrogens with zero attached hydrogens (tertiary/aromatic N) is 2. The van der Waals surface area contributed by atoms with Gasteiger partial charge in [-0.15, -0.1) is 0 Å². The summed E-state index contributed by atoms with van der Waals surface area (Å²) in [5.74, 6) is -0.287. The number of esters is 1. The topological polar surface area (TPSA) is 49.9 Å². The lowest BCUT2D eigenvalue weighted by Gasteiger charge is -2.26. The lowest BCUT2D eigenvalue weighted by molar-refractivity contribution is -0.140. The zero-order valence-corrected chi connectivity index (χ0v) is 36.7. The second-order valence-corrected chi connectivity index (χ2v) is 16.3. The van der Waals surface area contributed by atoms with Gasteiger partial charge in [-0.25, -0.2) is 4.79 Å². The van der Waals surface area contributed by atoms with Gasteiger partial charge < -0.3 is 14.5 Å². The van der Waals surface area contributed by atoms with E-state index < -0.39 is 5.97 Å². The predicted octanol–water partition coefficient (Wildman–Crippen LogP) is 14.9. The second-order valence-electron chi connectivity index (χ2n) is 16.3. The first kappa shape index (κ1) is 42.9. The van der Waals surface area contributed by atoms with E-state index in [1.807, 2.05) is 12.1 Å². The standard InChI is InChI=1S/C57H54N2O3/c1-38(2)56(60)34-15-44-11-26-50(27-12-44)58(54-24-9-40(5)42(7)35-54)52-30-20-48(21-31-52)46-16-18-47(19-17-46)49-22-32-53(33-23-49)59(55-25-10-41(6)43(8)36-55)51-28-13-45(14-29-51)37-62-57(61)39(3)4/h9-14,16-33,35-36H,1,3,15,34,37H2,2,4-8H3. The van der Waals surface area contributed by atoms with Crippen LogP contribution < -0.4 is 9.80 Å². The average molecular weight is 815 g/mol. The first-order valence-corrected chi connectivity index (χ1v) is 21.1. The number of rotatable bonds is 15. The molecule has 0 atom stereocenters. The van der Waals surface area contributed by atoms with Crippen molar-refractivity contribution in [2.45, 2.75) is 61.0 Å². The largest absolute Gasteiger partial charge is 0.457 e. The molecule has 0 aliphatic rings. The number of hydrogen-bond acceptors (Lipinski definition) is 5. The fourth-order valence-corrected chi connectivity index (χ4v) is 7.38. The van der Waals surface area contributed by atoms with E-state index in [1.54, 1.807) is 13.8 Å². The van der Waals surface area contributed by atoms with Crippen molar-refractivity contribution in [2.75, 3.05) is 9.80 Å². The monoisotopic (exact) mass is 814 g/mol. The normalized spacial score (nSPS) is 10.9. The summed E-state index contributed by atoms with van der Waals surface area (Å²) in [4.78, 5) is 28.7. The van der Waals surface area contributed by atoms with Crippen LogP contribution in [-0.2, 0) is 27.4 Å². The van der Waals surface area contributed by atoms with E-state index in [0.29, 0.717) is 24.0 Å². The molecular weight excluding hydrogens is 761 g/mol. The number of carbonyl (C=O) groups excluding carboxylic acids is 2. The minimum absolute atomic E-state index is 0.105. The molecule has 7 rings (SSSR count). The van der Waals surface area contributed by atoms with Gasteiger partial charge in [0.15, 0.2) is 5.78 Å². The zero-order chi connectivity index (χ0) is 43.9. The van der Waals surface area contributed by atoms with Crippen molar-refractivity contribution >= 4 is 45.9 Å². The fraction of sp³-hybridized carbons (Fsp3) is 0.158. The number of benzene rings is 7. The Morgan fingerprint density at radius 3 is 1.13 bits per heavy atom. The van der Waals surface area contributed by atoms with E-state index in [1.165, 1.54) is 22.3 Å². The summed E-state index contributed by atoms with van der Waals surface area (Å²) in [6.07, 6.45) is 1.16. The van der Waals surface area contributed by atoms with Gasteiger partial charge in [-0.05, 0) is 182 Å². The number of ketones is 1. The summed E-state index contributed by atoms with van der Waals surface area (Å²) in [6.45, 7) is 19.6. The Labute approximate surface area is 367 Å². The molecule has 7 aromatic rings. The first-order chi connectivity index (χ1) is 29.8. The molecule has 0 aliphatic heterocycles. The minimum Gasteiger partial charge on any atom is -0.457 e.